The van der Waals surface area contributed by atoms with Crippen LogP contribution in [0.5, 0.6) is 0 Å². The first-order valence-corrected chi connectivity index (χ1v) is 4.96. The van der Waals surface area contributed by atoms with Crippen molar-refractivity contribution in [3.63, 3.8) is 0 Å². The van der Waals surface area contributed by atoms with E-state index in [2.05, 4.69) is 20.8 Å². The van der Waals surface area contributed by atoms with Gasteiger partial charge in [0.15, 0.2) is 0 Å². The van der Waals surface area contributed by atoms with Crippen LogP contribution in [0.15, 0.2) is 6.33 Å². The second-order valence-electron chi connectivity index (χ2n) is 4.74. The van der Waals surface area contributed by atoms with Crippen LogP contribution in [0.4, 0.5) is 0 Å². The Bertz CT molecular complexity index is 352. The Balaban J connectivity index is 2.58. The maximum absolute atomic E-state index is 11.6. The first kappa shape index (κ1) is 12.6. The molecule has 0 aliphatic heterocycles. The van der Waals surface area contributed by atoms with Gasteiger partial charge in [-0.25, -0.2) is 4.68 Å². The maximum Gasteiger partial charge on any atom is 0.242 e. The van der Waals surface area contributed by atoms with E-state index < -0.39 is 11.1 Å². The Labute approximate surface area is 93.8 Å². The number of carbonyl (C=O) groups is 1. The molecule has 0 bridgehead atoms. The fourth-order valence-corrected chi connectivity index (χ4v) is 0.941. The summed E-state index contributed by atoms with van der Waals surface area (Å²) in [6.07, 6.45) is 1.36. The lowest BCUT2D eigenvalue weighted by Crippen LogP contribution is -2.58. The average Bonchev–Trinajstić information content (AvgIpc) is 2.52. The number of tetrazole rings is 1. The van der Waals surface area contributed by atoms with Crippen LogP contribution >= 0.6 is 0 Å². The molecule has 16 heavy (non-hydrogen) atoms. The van der Waals surface area contributed by atoms with Gasteiger partial charge in [0, 0.05) is 0 Å². The van der Waals surface area contributed by atoms with Gasteiger partial charge in [0.1, 0.15) is 12.9 Å². The zero-order valence-corrected chi connectivity index (χ0v) is 9.93. The lowest BCUT2D eigenvalue weighted by Gasteiger charge is -2.37. The fraction of sp³-hybridized carbons (Fsp3) is 0.778. The van der Waals surface area contributed by atoms with Crippen molar-refractivity contribution < 1.29 is 9.90 Å². The van der Waals surface area contributed by atoms with Crippen LogP contribution in [0.1, 0.15) is 27.7 Å². The number of carbonyl (C=O) groups excluding carboxylic acids is 1. The van der Waals surface area contributed by atoms with Gasteiger partial charge >= 0.3 is 0 Å². The first-order chi connectivity index (χ1) is 7.22. The van der Waals surface area contributed by atoms with E-state index in [4.69, 9.17) is 0 Å². The monoisotopic (exact) mass is 227 g/mol. The van der Waals surface area contributed by atoms with Gasteiger partial charge in [-0.05, 0) is 38.1 Å². The maximum atomic E-state index is 11.6. The SMILES string of the molecule is CC(C)(O)C(C)(C)NC(=O)Cn1cnnn1. The van der Waals surface area contributed by atoms with Gasteiger partial charge in [0.05, 0.1) is 11.1 Å². The highest BCUT2D eigenvalue weighted by Gasteiger charge is 2.36. The van der Waals surface area contributed by atoms with Gasteiger partial charge in [-0.15, -0.1) is 5.10 Å². The van der Waals surface area contributed by atoms with Gasteiger partial charge < -0.3 is 10.4 Å². The minimum atomic E-state index is -1.01. The molecular weight excluding hydrogens is 210 g/mol. The van der Waals surface area contributed by atoms with E-state index in [0.717, 1.165) is 0 Å². The zero-order chi connectivity index (χ0) is 12.4. The molecule has 90 valence electrons. The van der Waals surface area contributed by atoms with E-state index in [0.29, 0.717) is 0 Å². The van der Waals surface area contributed by atoms with Crippen molar-refractivity contribution in [2.45, 2.75) is 45.4 Å². The third-order valence-electron chi connectivity index (χ3n) is 2.68. The number of nitrogens with one attached hydrogen (secondary N) is 1. The van der Waals surface area contributed by atoms with Crippen LogP contribution in [0.2, 0.25) is 0 Å². The Morgan fingerprint density at radius 3 is 2.50 bits per heavy atom. The summed E-state index contributed by atoms with van der Waals surface area (Å²) in [6, 6.07) is 0. The summed E-state index contributed by atoms with van der Waals surface area (Å²) < 4.78 is 1.32. The normalized spacial score (nSPS) is 12.6. The summed E-state index contributed by atoms with van der Waals surface area (Å²) in [5, 5.41) is 23.0. The van der Waals surface area contributed by atoms with Crippen LogP contribution < -0.4 is 5.32 Å². The second-order valence-corrected chi connectivity index (χ2v) is 4.74. The standard InChI is InChI=1S/C9H17N5O2/c1-8(2,9(3,4)16)11-7(15)5-14-6-10-12-13-14/h6,16H,5H2,1-4H3,(H,11,15). The quantitative estimate of drug-likeness (QED) is 0.712. The van der Waals surface area contributed by atoms with Gasteiger partial charge in [0.2, 0.25) is 5.91 Å². The minimum absolute atomic E-state index is 0.0342. The molecule has 0 fully saturated rings. The largest absolute Gasteiger partial charge is 0.388 e. The zero-order valence-electron chi connectivity index (χ0n) is 9.93. The second kappa shape index (κ2) is 4.17. The molecule has 0 aliphatic rings. The molecule has 0 saturated carbocycles. The number of rotatable bonds is 4. The number of hydrogen-bond acceptors (Lipinski definition) is 5. The first-order valence-electron chi connectivity index (χ1n) is 4.96. The Morgan fingerprint density at radius 2 is 2.06 bits per heavy atom. The highest BCUT2D eigenvalue weighted by Crippen LogP contribution is 2.20. The minimum Gasteiger partial charge on any atom is -0.388 e. The molecule has 1 rings (SSSR count). The molecule has 7 nitrogen and oxygen atoms in total. The molecule has 0 radical (unpaired) electrons. The van der Waals surface area contributed by atoms with E-state index in [1.165, 1.54) is 11.0 Å². The smallest absolute Gasteiger partial charge is 0.242 e. The molecular formula is C9H17N5O2. The molecule has 0 aliphatic carbocycles. The van der Waals surface area contributed by atoms with Crippen LogP contribution in [0.25, 0.3) is 0 Å². The van der Waals surface area contributed by atoms with Crippen LogP contribution in [0.3, 0.4) is 0 Å². The van der Waals surface area contributed by atoms with Gasteiger partial charge in [-0.2, -0.15) is 0 Å². The lowest BCUT2D eigenvalue weighted by atomic mass is 9.86. The number of amides is 1. The number of nitrogens with zero attached hydrogens (tertiary/aromatic N) is 4. The molecule has 1 amide bonds. The summed E-state index contributed by atoms with van der Waals surface area (Å²) in [5.74, 6) is -0.251. The average molecular weight is 227 g/mol. The number of aromatic nitrogens is 4. The van der Waals surface area contributed by atoms with Crippen LogP contribution in [-0.2, 0) is 11.3 Å². The van der Waals surface area contributed by atoms with Crippen molar-refractivity contribution >= 4 is 5.91 Å². The third kappa shape index (κ3) is 2.99. The molecule has 0 spiro atoms. The van der Waals surface area contributed by atoms with E-state index in [1.54, 1.807) is 27.7 Å². The Morgan fingerprint density at radius 1 is 1.44 bits per heavy atom. The van der Waals surface area contributed by atoms with Crippen molar-refractivity contribution in [3.8, 4) is 0 Å². The van der Waals surface area contributed by atoms with Crippen LogP contribution in [0, 0.1) is 0 Å². The molecule has 7 heteroatoms. The van der Waals surface area contributed by atoms with E-state index in [-0.39, 0.29) is 12.5 Å². The third-order valence-corrected chi connectivity index (χ3v) is 2.68. The molecule has 0 unspecified atom stereocenters. The lowest BCUT2D eigenvalue weighted by molar-refractivity contribution is -0.126. The molecule has 1 aromatic heterocycles. The summed E-state index contributed by atoms with van der Waals surface area (Å²) in [4.78, 5) is 11.6. The molecule has 0 atom stereocenters. The summed E-state index contributed by atoms with van der Waals surface area (Å²) in [6.45, 7) is 6.83. The van der Waals surface area contributed by atoms with E-state index >= 15 is 0 Å². The molecule has 1 aromatic rings. The van der Waals surface area contributed by atoms with Crippen LogP contribution in [-0.4, -0.2) is 42.4 Å². The van der Waals surface area contributed by atoms with Gasteiger partial charge in [0.25, 0.3) is 0 Å². The highest BCUT2D eigenvalue weighted by atomic mass is 16.3. The highest BCUT2D eigenvalue weighted by molar-refractivity contribution is 5.76. The van der Waals surface area contributed by atoms with Crippen molar-refractivity contribution in [2.75, 3.05) is 0 Å². The van der Waals surface area contributed by atoms with Crippen molar-refractivity contribution in [2.24, 2.45) is 0 Å². The predicted molar refractivity (Wildman–Crippen MR) is 56.3 cm³/mol. The molecule has 2 N–H and O–H groups in total. The van der Waals surface area contributed by atoms with Gasteiger partial charge in [-0.3, -0.25) is 4.79 Å². The summed E-state index contributed by atoms with van der Waals surface area (Å²) in [5.41, 5.74) is -1.73. The molecule has 0 aromatic carbocycles. The summed E-state index contributed by atoms with van der Waals surface area (Å²) in [7, 11) is 0. The topological polar surface area (TPSA) is 92.9 Å². The Hall–Kier alpha value is -1.50. The van der Waals surface area contributed by atoms with Crippen molar-refractivity contribution in [1.82, 2.24) is 25.5 Å². The number of aliphatic hydroxyl groups is 1. The molecule has 1 heterocycles. The van der Waals surface area contributed by atoms with Crippen molar-refractivity contribution in [1.29, 1.82) is 0 Å². The number of hydrogen-bond donors (Lipinski definition) is 2. The van der Waals surface area contributed by atoms with Crippen molar-refractivity contribution in [3.05, 3.63) is 6.33 Å². The van der Waals surface area contributed by atoms with E-state index in [9.17, 15) is 9.90 Å². The molecule has 0 saturated heterocycles. The predicted octanol–water partition coefficient (Wildman–Crippen LogP) is -0.661. The Kier molecular flexibility index (Phi) is 3.27. The fourth-order valence-electron chi connectivity index (χ4n) is 0.941. The van der Waals surface area contributed by atoms with Gasteiger partial charge in [-0.1, -0.05) is 0 Å². The summed E-state index contributed by atoms with van der Waals surface area (Å²) >= 11 is 0. The van der Waals surface area contributed by atoms with E-state index in [1.807, 2.05) is 0 Å².